The molecule has 6 atom stereocenters. The Kier molecular flexibility index (Phi) is 41.2. The molecular formula is C53H94O9. The zero-order valence-electron chi connectivity index (χ0n) is 39.6. The third-order valence-corrected chi connectivity index (χ3v) is 11.4. The number of ether oxygens (including phenoxy) is 4. The second-order valence-electron chi connectivity index (χ2n) is 17.2. The van der Waals surface area contributed by atoms with E-state index >= 15 is 0 Å². The molecule has 0 bridgehead atoms. The summed E-state index contributed by atoms with van der Waals surface area (Å²) >= 11 is 0. The molecular weight excluding hydrogens is 781 g/mol. The van der Waals surface area contributed by atoms with Gasteiger partial charge in [-0.15, -0.1) is 0 Å². The van der Waals surface area contributed by atoms with Crippen molar-refractivity contribution in [3.05, 3.63) is 60.8 Å². The van der Waals surface area contributed by atoms with Gasteiger partial charge < -0.3 is 39.4 Å². The molecule has 0 aromatic rings. The largest absolute Gasteiger partial charge is 0.457 e. The Morgan fingerprint density at radius 3 is 1.48 bits per heavy atom. The van der Waals surface area contributed by atoms with Crippen molar-refractivity contribution in [1.29, 1.82) is 0 Å². The van der Waals surface area contributed by atoms with Gasteiger partial charge in [0.15, 0.2) is 6.29 Å². The Balaban J connectivity index is 2.23. The van der Waals surface area contributed by atoms with Crippen molar-refractivity contribution in [2.45, 2.75) is 243 Å². The fourth-order valence-corrected chi connectivity index (χ4v) is 7.52. The van der Waals surface area contributed by atoms with Crippen LogP contribution < -0.4 is 0 Å². The zero-order valence-corrected chi connectivity index (χ0v) is 39.6. The Labute approximate surface area is 379 Å². The first kappa shape index (κ1) is 57.9. The minimum absolute atomic E-state index is 0.122. The lowest BCUT2D eigenvalue weighted by Gasteiger charge is -2.39. The maximum atomic E-state index is 12.8. The van der Waals surface area contributed by atoms with Crippen LogP contribution in [0.2, 0.25) is 0 Å². The molecule has 9 heteroatoms. The standard InChI is InChI=1S/C53H94O9/c1-3-5-7-9-11-13-15-17-19-21-23-24-25-26-28-30-32-34-36-38-40-42-49(55)61-47(46-60-53-52(58)51(57)50(56)48(44-54)62-53)45-59-43-41-39-37-35-33-31-29-27-22-20-18-16-14-12-10-8-6-4-2/h5,7,11,13,17,19,23-24,26,28,47-48,50-54,56-58H,3-4,6,8-10,12,14-16,18,20-22,25,27,29-46H2,1-2H3/b7-5-,13-11-,19-17-,24-23-,28-26-. The molecule has 0 aromatic heterocycles. The number of rotatable bonds is 43. The topological polar surface area (TPSA) is 135 Å². The SMILES string of the molecule is CC/C=C\C/C=C\C/C=C\C/C=C\C/C=C\CCCCCCCC(=O)OC(COCCCCCCCCCCCCCCCCCCCC)COC1OC(CO)C(O)C(O)C1O. The first-order valence-corrected chi connectivity index (χ1v) is 25.4. The van der Waals surface area contributed by atoms with E-state index in [1.54, 1.807) is 0 Å². The average molecular weight is 875 g/mol. The predicted molar refractivity (Wildman–Crippen MR) is 256 cm³/mol. The van der Waals surface area contributed by atoms with Gasteiger partial charge in [0.1, 0.15) is 30.5 Å². The van der Waals surface area contributed by atoms with E-state index in [-0.39, 0.29) is 19.2 Å². The van der Waals surface area contributed by atoms with E-state index in [0.29, 0.717) is 13.0 Å². The number of aliphatic hydroxyl groups excluding tert-OH is 4. The van der Waals surface area contributed by atoms with E-state index in [0.717, 1.165) is 83.5 Å². The molecule has 360 valence electrons. The van der Waals surface area contributed by atoms with Crippen molar-refractivity contribution in [1.82, 2.24) is 0 Å². The third kappa shape index (κ3) is 34.3. The highest BCUT2D eigenvalue weighted by atomic mass is 16.7. The highest BCUT2D eigenvalue weighted by Crippen LogP contribution is 2.23. The average Bonchev–Trinajstić information content (AvgIpc) is 3.27. The summed E-state index contributed by atoms with van der Waals surface area (Å²) in [4.78, 5) is 12.8. The molecule has 4 N–H and O–H groups in total. The molecule has 0 spiro atoms. The van der Waals surface area contributed by atoms with E-state index in [4.69, 9.17) is 18.9 Å². The summed E-state index contributed by atoms with van der Waals surface area (Å²) in [5, 5.41) is 40.2. The Bertz CT molecular complexity index is 1130. The molecule has 1 heterocycles. The molecule has 1 aliphatic rings. The Morgan fingerprint density at radius 2 is 0.984 bits per heavy atom. The first-order valence-electron chi connectivity index (χ1n) is 25.4. The highest BCUT2D eigenvalue weighted by molar-refractivity contribution is 5.69. The number of carbonyl (C=O) groups is 1. The molecule has 62 heavy (non-hydrogen) atoms. The van der Waals surface area contributed by atoms with Crippen LogP contribution in [0.3, 0.4) is 0 Å². The van der Waals surface area contributed by atoms with Crippen molar-refractivity contribution in [3.63, 3.8) is 0 Å². The van der Waals surface area contributed by atoms with Crippen LogP contribution in [0.4, 0.5) is 0 Å². The van der Waals surface area contributed by atoms with Crippen LogP contribution in [0.5, 0.6) is 0 Å². The van der Waals surface area contributed by atoms with Gasteiger partial charge >= 0.3 is 5.97 Å². The minimum atomic E-state index is -1.54. The van der Waals surface area contributed by atoms with Gasteiger partial charge in [-0.1, -0.05) is 203 Å². The van der Waals surface area contributed by atoms with E-state index in [1.165, 1.54) is 103 Å². The smallest absolute Gasteiger partial charge is 0.306 e. The van der Waals surface area contributed by atoms with Crippen LogP contribution in [0.1, 0.15) is 206 Å². The summed E-state index contributed by atoms with van der Waals surface area (Å²) in [5.74, 6) is -0.331. The van der Waals surface area contributed by atoms with Crippen molar-refractivity contribution < 1.29 is 44.2 Å². The van der Waals surface area contributed by atoms with Crippen LogP contribution in [-0.4, -0.2) is 89.6 Å². The quantitative estimate of drug-likeness (QED) is 0.0268. The van der Waals surface area contributed by atoms with E-state index in [2.05, 4.69) is 74.6 Å². The van der Waals surface area contributed by atoms with Gasteiger partial charge in [0.2, 0.25) is 0 Å². The van der Waals surface area contributed by atoms with Crippen LogP contribution in [0.15, 0.2) is 60.8 Å². The number of aliphatic hydroxyl groups is 4. The lowest BCUT2D eigenvalue weighted by Crippen LogP contribution is -2.59. The van der Waals surface area contributed by atoms with Crippen molar-refractivity contribution in [3.8, 4) is 0 Å². The number of allylic oxidation sites excluding steroid dienone is 10. The van der Waals surface area contributed by atoms with Crippen molar-refractivity contribution in [2.24, 2.45) is 0 Å². The van der Waals surface area contributed by atoms with Crippen LogP contribution in [0.25, 0.3) is 0 Å². The number of unbranched alkanes of at least 4 members (excludes halogenated alkanes) is 22. The van der Waals surface area contributed by atoms with Gasteiger partial charge in [0.25, 0.3) is 0 Å². The second kappa shape index (κ2) is 44.1. The van der Waals surface area contributed by atoms with E-state index in [1.807, 2.05) is 0 Å². The lowest BCUT2D eigenvalue weighted by atomic mass is 9.99. The maximum Gasteiger partial charge on any atom is 0.306 e. The zero-order chi connectivity index (χ0) is 45.0. The fraction of sp³-hybridized carbons (Fsp3) is 0.792. The summed E-state index contributed by atoms with van der Waals surface area (Å²) in [6.45, 7) is 4.44. The second-order valence-corrected chi connectivity index (χ2v) is 17.2. The van der Waals surface area contributed by atoms with Crippen molar-refractivity contribution >= 4 is 5.97 Å². The fourth-order valence-electron chi connectivity index (χ4n) is 7.52. The molecule has 0 radical (unpaired) electrons. The minimum Gasteiger partial charge on any atom is -0.457 e. The molecule has 1 saturated heterocycles. The first-order chi connectivity index (χ1) is 30.4. The highest BCUT2D eigenvalue weighted by Gasteiger charge is 2.44. The van der Waals surface area contributed by atoms with Gasteiger partial charge in [0.05, 0.1) is 19.8 Å². The van der Waals surface area contributed by atoms with Crippen LogP contribution >= 0.6 is 0 Å². The monoisotopic (exact) mass is 875 g/mol. The number of hydrogen-bond acceptors (Lipinski definition) is 9. The Morgan fingerprint density at radius 1 is 0.532 bits per heavy atom. The normalized spacial score (nSPS) is 20.3. The molecule has 0 saturated carbocycles. The summed E-state index contributed by atoms with van der Waals surface area (Å²) in [6, 6.07) is 0. The third-order valence-electron chi connectivity index (χ3n) is 11.4. The Hall–Kier alpha value is -2.11. The van der Waals surface area contributed by atoms with Gasteiger partial charge in [-0.05, 0) is 57.8 Å². The molecule has 1 aliphatic heterocycles. The summed E-state index contributed by atoms with van der Waals surface area (Å²) in [5.41, 5.74) is 0. The van der Waals surface area contributed by atoms with Gasteiger partial charge in [-0.25, -0.2) is 0 Å². The van der Waals surface area contributed by atoms with Gasteiger partial charge in [0, 0.05) is 13.0 Å². The summed E-state index contributed by atoms with van der Waals surface area (Å²) in [6.07, 6.45) is 49.6. The summed E-state index contributed by atoms with van der Waals surface area (Å²) in [7, 11) is 0. The van der Waals surface area contributed by atoms with Crippen molar-refractivity contribution in [2.75, 3.05) is 26.4 Å². The molecule has 0 aromatic carbocycles. The molecule has 0 amide bonds. The predicted octanol–water partition coefficient (Wildman–Crippen LogP) is 12.3. The number of hydrogen-bond donors (Lipinski definition) is 4. The molecule has 9 nitrogen and oxygen atoms in total. The maximum absolute atomic E-state index is 12.8. The number of carbonyl (C=O) groups excluding carboxylic acids is 1. The van der Waals surface area contributed by atoms with Gasteiger partial charge in [-0.2, -0.15) is 0 Å². The lowest BCUT2D eigenvalue weighted by molar-refractivity contribution is -0.305. The molecule has 1 rings (SSSR count). The molecule has 6 unspecified atom stereocenters. The van der Waals surface area contributed by atoms with Crippen LogP contribution in [-0.2, 0) is 23.7 Å². The molecule has 0 aliphatic carbocycles. The van der Waals surface area contributed by atoms with E-state index < -0.39 is 43.4 Å². The van der Waals surface area contributed by atoms with Gasteiger partial charge in [-0.3, -0.25) is 4.79 Å². The molecule has 1 fully saturated rings. The van der Waals surface area contributed by atoms with E-state index in [9.17, 15) is 25.2 Å². The van der Waals surface area contributed by atoms with Crippen LogP contribution in [0, 0.1) is 0 Å². The number of esters is 1. The summed E-state index contributed by atoms with van der Waals surface area (Å²) < 4.78 is 22.9.